The Bertz CT molecular complexity index is 1740. The number of aryl methyl sites for hydroxylation is 3. The van der Waals surface area contributed by atoms with Gasteiger partial charge in [0.1, 0.15) is 11.4 Å². The minimum Gasteiger partial charge on any atom is -0.497 e. The molecule has 0 aliphatic heterocycles. The Hall–Kier alpha value is -5.17. The first-order valence-electron chi connectivity index (χ1n) is 13.3. The number of amides is 1. The number of benzene rings is 4. The quantitative estimate of drug-likeness (QED) is 0.217. The van der Waals surface area contributed by atoms with Gasteiger partial charge >= 0.3 is 5.97 Å². The van der Waals surface area contributed by atoms with Crippen molar-refractivity contribution in [1.82, 2.24) is 9.78 Å². The highest BCUT2D eigenvalue weighted by atomic mass is 16.5. The number of anilines is 1. The molecule has 41 heavy (non-hydrogen) atoms. The second-order valence-electron chi connectivity index (χ2n) is 9.90. The van der Waals surface area contributed by atoms with Crippen molar-refractivity contribution >= 4 is 17.6 Å². The lowest BCUT2D eigenvalue weighted by Crippen LogP contribution is -2.13. The summed E-state index contributed by atoms with van der Waals surface area (Å²) in [7, 11) is 1.62. The first-order chi connectivity index (χ1) is 19.7. The van der Waals surface area contributed by atoms with Gasteiger partial charge in [0.15, 0.2) is 0 Å². The molecule has 0 bridgehead atoms. The number of methoxy groups -OCH3 is 1. The van der Waals surface area contributed by atoms with Gasteiger partial charge in [0.2, 0.25) is 5.88 Å². The van der Waals surface area contributed by atoms with Crippen LogP contribution in [-0.4, -0.2) is 28.8 Å². The smallest absolute Gasteiger partial charge is 0.309 e. The fraction of sp³-hybridized carbons (Fsp3) is 0.147. The zero-order valence-corrected chi connectivity index (χ0v) is 23.7. The van der Waals surface area contributed by atoms with Gasteiger partial charge in [-0.3, -0.25) is 9.59 Å². The van der Waals surface area contributed by atoms with Crippen LogP contribution in [0.1, 0.15) is 34.0 Å². The summed E-state index contributed by atoms with van der Waals surface area (Å²) in [5.41, 5.74) is 7.96. The van der Waals surface area contributed by atoms with E-state index in [4.69, 9.17) is 14.6 Å². The first kappa shape index (κ1) is 27.4. The van der Waals surface area contributed by atoms with Gasteiger partial charge in [0.25, 0.3) is 5.91 Å². The Labute approximate surface area is 239 Å². The summed E-state index contributed by atoms with van der Waals surface area (Å²) < 4.78 is 12.9. The Morgan fingerprint density at radius 2 is 1.49 bits per heavy atom. The summed E-state index contributed by atoms with van der Waals surface area (Å²) in [4.78, 5) is 25.2. The molecule has 7 heteroatoms. The van der Waals surface area contributed by atoms with Gasteiger partial charge in [0.05, 0.1) is 18.4 Å². The average Bonchev–Trinajstić information content (AvgIpc) is 3.31. The number of esters is 1. The van der Waals surface area contributed by atoms with Crippen LogP contribution in [0.15, 0.2) is 91.0 Å². The molecule has 1 aromatic heterocycles. The molecule has 0 aliphatic rings. The third kappa shape index (κ3) is 5.75. The summed E-state index contributed by atoms with van der Waals surface area (Å²) >= 11 is 0. The number of hydrogen-bond acceptors (Lipinski definition) is 5. The van der Waals surface area contributed by atoms with Crippen LogP contribution >= 0.6 is 0 Å². The number of rotatable bonds is 7. The zero-order valence-electron chi connectivity index (χ0n) is 23.7. The van der Waals surface area contributed by atoms with Crippen LogP contribution in [0, 0.1) is 20.8 Å². The summed E-state index contributed by atoms with van der Waals surface area (Å²) in [6.07, 6.45) is 0. The molecule has 5 rings (SSSR count). The fourth-order valence-electron chi connectivity index (χ4n) is 4.80. The largest absolute Gasteiger partial charge is 0.497 e. The summed E-state index contributed by atoms with van der Waals surface area (Å²) in [5.74, 6) is 0.392. The summed E-state index contributed by atoms with van der Waals surface area (Å²) in [6.45, 7) is 7.31. The SMILES string of the molecule is COc1ccc(-c2nn(-c3ccc(C)cc3C)c(OC(C)=O)c2-c2ccc(NC(=O)c3ccccc3C)cc2)cc1. The van der Waals surface area contributed by atoms with Gasteiger partial charge in [-0.05, 0) is 86.0 Å². The number of ether oxygens (including phenoxy) is 2. The Kier molecular flexibility index (Phi) is 7.70. The lowest BCUT2D eigenvalue weighted by molar-refractivity contribution is -0.132. The van der Waals surface area contributed by atoms with Crippen molar-refractivity contribution in [3.8, 4) is 39.7 Å². The van der Waals surface area contributed by atoms with Gasteiger partial charge in [-0.15, -0.1) is 0 Å². The predicted molar refractivity (Wildman–Crippen MR) is 161 cm³/mol. The van der Waals surface area contributed by atoms with E-state index in [2.05, 4.69) is 11.4 Å². The zero-order chi connectivity index (χ0) is 29.1. The van der Waals surface area contributed by atoms with E-state index in [0.717, 1.165) is 39.3 Å². The van der Waals surface area contributed by atoms with E-state index in [9.17, 15) is 9.59 Å². The fourth-order valence-corrected chi connectivity index (χ4v) is 4.80. The third-order valence-corrected chi connectivity index (χ3v) is 6.85. The monoisotopic (exact) mass is 545 g/mol. The van der Waals surface area contributed by atoms with Crippen molar-refractivity contribution in [2.24, 2.45) is 0 Å². The molecule has 1 N–H and O–H groups in total. The minimum absolute atomic E-state index is 0.182. The molecule has 0 fully saturated rings. The molecule has 1 amide bonds. The van der Waals surface area contributed by atoms with Gasteiger partial charge in [-0.1, -0.05) is 48.0 Å². The van der Waals surface area contributed by atoms with E-state index in [-0.39, 0.29) is 5.91 Å². The maximum atomic E-state index is 12.9. The minimum atomic E-state index is -0.458. The Morgan fingerprint density at radius 3 is 2.12 bits per heavy atom. The molecular weight excluding hydrogens is 514 g/mol. The van der Waals surface area contributed by atoms with Crippen molar-refractivity contribution in [3.63, 3.8) is 0 Å². The van der Waals surface area contributed by atoms with E-state index >= 15 is 0 Å². The maximum absolute atomic E-state index is 12.9. The van der Waals surface area contributed by atoms with Gasteiger partial charge < -0.3 is 14.8 Å². The molecule has 1 heterocycles. The first-order valence-corrected chi connectivity index (χ1v) is 13.3. The molecule has 4 aromatic carbocycles. The molecule has 0 radical (unpaired) electrons. The van der Waals surface area contributed by atoms with Crippen LogP contribution in [0.5, 0.6) is 11.6 Å². The van der Waals surface area contributed by atoms with Crippen LogP contribution < -0.4 is 14.8 Å². The highest BCUT2D eigenvalue weighted by Gasteiger charge is 2.25. The van der Waals surface area contributed by atoms with Crippen molar-refractivity contribution in [3.05, 3.63) is 113 Å². The molecule has 0 unspecified atom stereocenters. The Balaban J connectivity index is 1.63. The van der Waals surface area contributed by atoms with Crippen LogP contribution in [0.4, 0.5) is 5.69 Å². The molecule has 5 aromatic rings. The molecule has 0 saturated heterocycles. The van der Waals surface area contributed by atoms with Gasteiger partial charge in [-0.2, -0.15) is 9.78 Å². The summed E-state index contributed by atoms with van der Waals surface area (Å²) in [5, 5.41) is 7.94. The second-order valence-corrected chi connectivity index (χ2v) is 9.90. The number of carbonyl (C=O) groups is 2. The highest BCUT2D eigenvalue weighted by molar-refractivity contribution is 6.05. The van der Waals surface area contributed by atoms with Crippen molar-refractivity contribution in [2.45, 2.75) is 27.7 Å². The number of hydrogen-bond donors (Lipinski definition) is 1. The normalized spacial score (nSPS) is 10.8. The average molecular weight is 546 g/mol. The number of carbonyl (C=O) groups excluding carboxylic acids is 2. The molecule has 0 atom stereocenters. The maximum Gasteiger partial charge on any atom is 0.309 e. The van der Waals surface area contributed by atoms with E-state index in [1.54, 1.807) is 17.9 Å². The number of nitrogens with zero attached hydrogens (tertiary/aromatic N) is 2. The Morgan fingerprint density at radius 1 is 0.805 bits per heavy atom. The second kappa shape index (κ2) is 11.5. The van der Waals surface area contributed by atoms with Crippen LogP contribution in [0.2, 0.25) is 0 Å². The van der Waals surface area contributed by atoms with Crippen molar-refractivity contribution in [1.29, 1.82) is 0 Å². The van der Waals surface area contributed by atoms with Crippen LogP contribution in [0.3, 0.4) is 0 Å². The lowest BCUT2D eigenvalue weighted by atomic mass is 10.0. The van der Waals surface area contributed by atoms with Gasteiger partial charge in [0, 0.05) is 23.7 Å². The van der Waals surface area contributed by atoms with Crippen molar-refractivity contribution < 1.29 is 19.1 Å². The molecular formula is C34H31N3O4. The molecule has 7 nitrogen and oxygen atoms in total. The van der Waals surface area contributed by atoms with Crippen LogP contribution in [0.25, 0.3) is 28.1 Å². The van der Waals surface area contributed by atoms with E-state index < -0.39 is 5.97 Å². The molecule has 0 saturated carbocycles. The van der Waals surface area contributed by atoms with E-state index in [0.29, 0.717) is 28.4 Å². The predicted octanol–water partition coefficient (Wildman–Crippen LogP) is 7.32. The number of nitrogens with one attached hydrogen (secondary N) is 1. The topological polar surface area (TPSA) is 82.4 Å². The number of aromatic nitrogens is 2. The van der Waals surface area contributed by atoms with E-state index in [1.165, 1.54) is 6.92 Å². The van der Waals surface area contributed by atoms with E-state index in [1.807, 2.05) is 99.6 Å². The molecule has 0 spiro atoms. The standard InChI is InChI=1S/C34H31N3O4/c1-21-10-19-30(23(3)20-21)37-34(41-24(4)38)31(32(36-37)26-13-17-28(40-5)18-14-26)25-11-15-27(16-12-25)35-33(39)29-9-7-6-8-22(29)2/h6-20H,1-5H3,(H,35,39). The van der Waals surface area contributed by atoms with Crippen LogP contribution in [-0.2, 0) is 4.79 Å². The summed E-state index contributed by atoms with van der Waals surface area (Å²) in [6, 6.07) is 28.5. The highest BCUT2D eigenvalue weighted by Crippen LogP contribution is 2.42. The van der Waals surface area contributed by atoms with Gasteiger partial charge in [-0.25, -0.2) is 0 Å². The lowest BCUT2D eigenvalue weighted by Gasteiger charge is -2.12. The van der Waals surface area contributed by atoms with Crippen molar-refractivity contribution in [2.75, 3.05) is 12.4 Å². The molecule has 0 aliphatic carbocycles. The molecule has 206 valence electrons. The third-order valence-electron chi connectivity index (χ3n) is 6.85.